The third-order valence-electron chi connectivity index (χ3n) is 4.21. The Morgan fingerprint density at radius 3 is 2.48 bits per heavy atom. The van der Waals surface area contributed by atoms with Crippen LogP contribution in [0.1, 0.15) is 24.2 Å². The van der Waals surface area contributed by atoms with E-state index >= 15 is 0 Å². The molecule has 0 spiro atoms. The van der Waals surface area contributed by atoms with Crippen LogP contribution in [0.4, 0.5) is 5.69 Å². The number of hydrogen-bond donors (Lipinski definition) is 0. The lowest BCUT2D eigenvalue weighted by atomic mass is 10.2. The Morgan fingerprint density at radius 2 is 1.84 bits per heavy atom. The number of nitrogens with zero attached hydrogens (tertiary/aromatic N) is 3. The summed E-state index contributed by atoms with van der Waals surface area (Å²) >= 11 is 4.99. The van der Waals surface area contributed by atoms with Crippen molar-refractivity contribution in [3.63, 3.8) is 0 Å². The number of anilines is 1. The summed E-state index contributed by atoms with van der Waals surface area (Å²) in [7, 11) is 1.93. The lowest BCUT2D eigenvalue weighted by Crippen LogP contribution is -2.21. The molecule has 0 aliphatic heterocycles. The molecule has 0 bridgehead atoms. The van der Waals surface area contributed by atoms with Crippen molar-refractivity contribution in [1.29, 1.82) is 0 Å². The van der Waals surface area contributed by atoms with Crippen LogP contribution < -0.4 is 9.70 Å². The summed E-state index contributed by atoms with van der Waals surface area (Å²) in [5.41, 5.74) is 2.80. The summed E-state index contributed by atoms with van der Waals surface area (Å²) in [4.78, 5) is 19.8. The summed E-state index contributed by atoms with van der Waals surface area (Å²) in [6, 6.07) is 13.7. The van der Waals surface area contributed by atoms with E-state index in [0.29, 0.717) is 10.4 Å². The molecule has 0 fully saturated rings. The molecular weight excluding hydrogens is 398 g/mol. The lowest BCUT2D eigenvalue weighted by molar-refractivity contribution is 0.0998. The molecule has 0 aliphatic carbocycles. The second-order valence-electron chi connectivity index (χ2n) is 5.69. The van der Waals surface area contributed by atoms with Crippen LogP contribution >= 0.6 is 27.3 Å². The Labute approximate surface area is 159 Å². The van der Waals surface area contributed by atoms with Crippen LogP contribution in [-0.2, 0) is 7.05 Å². The zero-order valence-corrected chi connectivity index (χ0v) is 16.9. The number of hydrogen-bond acceptors (Lipinski definition) is 3. The van der Waals surface area contributed by atoms with E-state index in [4.69, 9.17) is 0 Å². The van der Waals surface area contributed by atoms with Gasteiger partial charge in [-0.05, 0) is 56.3 Å². The predicted octanol–water partition coefficient (Wildman–Crippen LogP) is 4.59. The van der Waals surface area contributed by atoms with Crippen molar-refractivity contribution < 1.29 is 4.79 Å². The van der Waals surface area contributed by atoms with Crippen molar-refractivity contribution in [3.05, 3.63) is 57.3 Å². The summed E-state index contributed by atoms with van der Waals surface area (Å²) in [6.07, 6.45) is 0. The van der Waals surface area contributed by atoms with Gasteiger partial charge in [-0.1, -0.05) is 27.3 Å². The number of thiazole rings is 1. The van der Waals surface area contributed by atoms with E-state index in [-0.39, 0.29) is 5.91 Å². The van der Waals surface area contributed by atoms with Crippen molar-refractivity contribution in [3.8, 4) is 0 Å². The molecule has 0 saturated heterocycles. The first-order valence-corrected chi connectivity index (χ1v) is 9.83. The van der Waals surface area contributed by atoms with Gasteiger partial charge in [-0.15, -0.1) is 0 Å². The molecule has 25 heavy (non-hydrogen) atoms. The van der Waals surface area contributed by atoms with Crippen LogP contribution in [0.15, 0.2) is 51.9 Å². The zero-order chi connectivity index (χ0) is 18.0. The number of aromatic nitrogens is 1. The monoisotopic (exact) mass is 417 g/mol. The topological polar surface area (TPSA) is 37.6 Å². The molecule has 2 aromatic carbocycles. The Morgan fingerprint density at radius 1 is 1.16 bits per heavy atom. The molecule has 3 aromatic rings. The molecular formula is C19H20BrN3OS. The molecule has 0 atom stereocenters. The fourth-order valence-corrected chi connectivity index (χ4v) is 4.34. The predicted molar refractivity (Wildman–Crippen MR) is 108 cm³/mol. The Bertz CT molecular complexity index is 968. The van der Waals surface area contributed by atoms with Crippen LogP contribution in [-0.4, -0.2) is 23.6 Å². The van der Waals surface area contributed by atoms with Gasteiger partial charge in [0.2, 0.25) is 0 Å². The highest BCUT2D eigenvalue weighted by Crippen LogP contribution is 2.21. The molecule has 0 saturated carbocycles. The number of halogens is 1. The number of rotatable bonds is 4. The number of benzene rings is 2. The van der Waals surface area contributed by atoms with Crippen molar-refractivity contribution in [2.45, 2.75) is 13.8 Å². The van der Waals surface area contributed by atoms with Crippen molar-refractivity contribution in [1.82, 2.24) is 4.57 Å². The lowest BCUT2D eigenvalue weighted by Gasteiger charge is -2.20. The number of carbonyl (C=O) groups excluding carboxylic acids is 1. The number of amides is 1. The number of fused-ring (bicyclic) bond motifs is 1. The molecule has 0 unspecified atom stereocenters. The van der Waals surface area contributed by atoms with Gasteiger partial charge in [0, 0.05) is 35.9 Å². The highest BCUT2D eigenvalue weighted by Gasteiger charge is 2.09. The fourth-order valence-electron chi connectivity index (χ4n) is 2.77. The van der Waals surface area contributed by atoms with Gasteiger partial charge in [0.1, 0.15) is 0 Å². The highest BCUT2D eigenvalue weighted by atomic mass is 79.9. The second kappa shape index (κ2) is 7.54. The molecule has 0 radical (unpaired) electrons. The third-order valence-corrected chi connectivity index (χ3v) is 5.80. The molecule has 1 amide bonds. The molecule has 0 N–H and O–H groups in total. The van der Waals surface area contributed by atoms with Gasteiger partial charge in [0.05, 0.1) is 10.2 Å². The first-order valence-electron chi connectivity index (χ1n) is 8.22. The maximum absolute atomic E-state index is 12.5. The van der Waals surface area contributed by atoms with E-state index in [0.717, 1.165) is 33.5 Å². The van der Waals surface area contributed by atoms with Crippen LogP contribution in [0.25, 0.3) is 10.2 Å². The normalized spacial score (nSPS) is 11.9. The molecule has 1 heterocycles. The maximum atomic E-state index is 12.5. The smallest absolute Gasteiger partial charge is 0.279 e. The molecule has 3 rings (SSSR count). The van der Waals surface area contributed by atoms with Crippen molar-refractivity contribution in [2.24, 2.45) is 12.0 Å². The zero-order valence-electron chi connectivity index (χ0n) is 14.5. The van der Waals surface area contributed by atoms with E-state index in [2.05, 4.69) is 39.7 Å². The summed E-state index contributed by atoms with van der Waals surface area (Å²) in [6.45, 7) is 6.14. The number of carbonyl (C=O) groups is 1. The van der Waals surface area contributed by atoms with E-state index in [9.17, 15) is 4.79 Å². The second-order valence-corrected chi connectivity index (χ2v) is 7.62. The van der Waals surface area contributed by atoms with Crippen molar-refractivity contribution >= 4 is 49.1 Å². The Balaban J connectivity index is 1.94. The number of aryl methyl sites for hydroxylation is 1. The molecule has 130 valence electrons. The fraction of sp³-hybridized carbons (Fsp3) is 0.263. The van der Waals surface area contributed by atoms with Gasteiger partial charge < -0.3 is 9.47 Å². The van der Waals surface area contributed by atoms with Crippen LogP contribution in [0.3, 0.4) is 0 Å². The Kier molecular flexibility index (Phi) is 5.39. The van der Waals surface area contributed by atoms with E-state index < -0.39 is 0 Å². The molecule has 1 aromatic heterocycles. The van der Waals surface area contributed by atoms with E-state index in [1.165, 1.54) is 11.3 Å². The average molecular weight is 418 g/mol. The van der Waals surface area contributed by atoms with Gasteiger partial charge in [-0.2, -0.15) is 4.99 Å². The molecule has 0 aliphatic rings. The van der Waals surface area contributed by atoms with Crippen LogP contribution in [0.5, 0.6) is 0 Å². The van der Waals surface area contributed by atoms with Gasteiger partial charge in [-0.25, -0.2) is 0 Å². The minimum absolute atomic E-state index is 0.215. The SMILES string of the molecule is CCN(CC)c1ccc(C(=O)N=c2sc3cc(Br)ccc3n2C)cc1. The van der Waals surface area contributed by atoms with Gasteiger partial charge in [-0.3, -0.25) is 4.79 Å². The quantitative estimate of drug-likeness (QED) is 0.622. The maximum Gasteiger partial charge on any atom is 0.279 e. The summed E-state index contributed by atoms with van der Waals surface area (Å²) in [5, 5.41) is 0. The minimum Gasteiger partial charge on any atom is -0.372 e. The van der Waals surface area contributed by atoms with E-state index in [1.807, 2.05) is 54.1 Å². The highest BCUT2D eigenvalue weighted by molar-refractivity contribution is 9.10. The largest absolute Gasteiger partial charge is 0.372 e. The van der Waals surface area contributed by atoms with Crippen LogP contribution in [0.2, 0.25) is 0 Å². The summed E-state index contributed by atoms with van der Waals surface area (Å²) in [5.74, 6) is -0.215. The first-order chi connectivity index (χ1) is 12.0. The molecule has 4 nitrogen and oxygen atoms in total. The van der Waals surface area contributed by atoms with Gasteiger partial charge >= 0.3 is 0 Å². The molecule has 6 heteroatoms. The van der Waals surface area contributed by atoms with E-state index in [1.54, 1.807) is 0 Å². The van der Waals surface area contributed by atoms with Crippen molar-refractivity contribution in [2.75, 3.05) is 18.0 Å². The van der Waals surface area contributed by atoms with Gasteiger partial charge in [0.25, 0.3) is 5.91 Å². The van der Waals surface area contributed by atoms with Gasteiger partial charge in [0.15, 0.2) is 4.80 Å². The first kappa shape index (κ1) is 17.9. The Hall–Kier alpha value is -1.92. The average Bonchev–Trinajstić information content (AvgIpc) is 2.91. The minimum atomic E-state index is -0.215. The standard InChI is InChI=1S/C19H20BrN3OS/c1-4-23(5-2)15-9-6-13(7-10-15)18(24)21-19-22(3)16-11-8-14(20)12-17(16)25-19/h6-12H,4-5H2,1-3H3. The third kappa shape index (κ3) is 3.70. The van der Waals surface area contributed by atoms with Crippen LogP contribution in [0, 0.1) is 0 Å². The summed E-state index contributed by atoms with van der Waals surface area (Å²) < 4.78 is 4.07.